The maximum atomic E-state index is 2.50. The summed E-state index contributed by atoms with van der Waals surface area (Å²) in [4.78, 5) is 2.50. The van der Waals surface area contributed by atoms with Gasteiger partial charge in [0.25, 0.3) is 0 Å². The summed E-state index contributed by atoms with van der Waals surface area (Å²) < 4.78 is 2.41. The number of benzene rings is 10. The van der Waals surface area contributed by atoms with Crippen LogP contribution in [0.2, 0.25) is 0 Å². The Labute approximate surface area is 404 Å². The molecule has 0 spiro atoms. The van der Waals surface area contributed by atoms with E-state index in [1.54, 1.807) is 0 Å². The van der Waals surface area contributed by atoms with Gasteiger partial charge in [0, 0.05) is 33.4 Å². The molecule has 0 fully saturated rings. The standard InChI is InChI=1S/C67H48N2/c1-6-20-47(21-7-1)49-34-39-55(40-35-49)68(56-41-36-50(37-42-56)48-22-8-2-9-23-48)64-45-43-57(51-38-44-63-60(46-51)58-30-17-19-33-62(58)69(63)54-28-14-5-15-29-54)66-65(64)59-31-16-18-32-61(59)67(66,52-24-10-3-11-25-52)53-26-12-4-13-27-53/h1-12,14-26,28-46H,13,27H2. The fourth-order valence-electron chi connectivity index (χ4n) is 11.6. The number of rotatable bonds is 9. The quantitative estimate of drug-likeness (QED) is 0.140. The third-order valence-corrected chi connectivity index (χ3v) is 14.6. The second-order valence-corrected chi connectivity index (χ2v) is 18.3. The first-order valence-corrected chi connectivity index (χ1v) is 24.1. The summed E-state index contributed by atoms with van der Waals surface area (Å²) in [6.07, 6.45) is 8.96. The first-order chi connectivity index (χ1) is 34.3. The Bertz CT molecular complexity index is 3650. The average Bonchev–Trinajstić information content (AvgIpc) is 3.94. The molecule has 2 heteroatoms. The van der Waals surface area contributed by atoms with Crippen LogP contribution >= 0.6 is 0 Å². The number of nitrogens with zero attached hydrogens (tertiary/aromatic N) is 2. The van der Waals surface area contributed by atoms with E-state index in [2.05, 4.69) is 276 Å². The SMILES string of the molecule is C1=CCCC(C2(c3ccccc3)c3ccccc3-c3c(N(c4ccc(-c5ccccc5)cc4)c4ccc(-c5ccccc5)cc4)ccc(-c4ccc5c(c4)c4ccccc4n5-c4ccccc4)c32)=C1. The van der Waals surface area contributed by atoms with Crippen molar-refractivity contribution in [3.63, 3.8) is 0 Å². The van der Waals surface area contributed by atoms with Crippen LogP contribution in [0.25, 0.3) is 72.0 Å². The molecule has 13 rings (SSSR count). The number of fused-ring (bicyclic) bond motifs is 6. The third kappa shape index (κ3) is 6.63. The van der Waals surface area contributed by atoms with Gasteiger partial charge in [-0.2, -0.15) is 0 Å². The van der Waals surface area contributed by atoms with Crippen molar-refractivity contribution >= 4 is 38.9 Å². The van der Waals surface area contributed by atoms with Crippen LogP contribution in [0.1, 0.15) is 29.5 Å². The predicted molar refractivity (Wildman–Crippen MR) is 290 cm³/mol. The van der Waals surface area contributed by atoms with E-state index in [9.17, 15) is 0 Å². The van der Waals surface area contributed by atoms with Crippen molar-refractivity contribution in [1.29, 1.82) is 0 Å². The van der Waals surface area contributed by atoms with Gasteiger partial charge in [0.05, 0.1) is 22.1 Å². The number of anilines is 3. The van der Waals surface area contributed by atoms with E-state index in [1.807, 2.05) is 0 Å². The van der Waals surface area contributed by atoms with Gasteiger partial charge in [-0.15, -0.1) is 0 Å². The van der Waals surface area contributed by atoms with Gasteiger partial charge in [0.2, 0.25) is 0 Å². The van der Waals surface area contributed by atoms with Crippen LogP contribution in [-0.4, -0.2) is 4.57 Å². The summed E-state index contributed by atoms with van der Waals surface area (Å²) in [5.74, 6) is 0. The molecule has 11 aromatic rings. The zero-order chi connectivity index (χ0) is 45.7. The number of hydrogen-bond donors (Lipinski definition) is 0. The van der Waals surface area contributed by atoms with E-state index in [0.29, 0.717) is 0 Å². The molecule has 1 unspecified atom stereocenters. The summed E-state index contributed by atoms with van der Waals surface area (Å²) in [6.45, 7) is 0. The number of para-hydroxylation sites is 2. The van der Waals surface area contributed by atoms with Crippen LogP contribution < -0.4 is 4.90 Å². The molecule has 0 saturated heterocycles. The van der Waals surface area contributed by atoms with Gasteiger partial charge in [0.15, 0.2) is 0 Å². The summed E-state index contributed by atoms with van der Waals surface area (Å²) in [5.41, 5.74) is 21.4. The lowest BCUT2D eigenvalue weighted by atomic mass is 9.64. The molecule has 0 saturated carbocycles. The smallest absolute Gasteiger partial charge is 0.0683 e. The molecule has 0 N–H and O–H groups in total. The summed E-state index contributed by atoms with van der Waals surface area (Å²) in [7, 11) is 0. The Morgan fingerprint density at radius 2 is 0.971 bits per heavy atom. The minimum absolute atomic E-state index is 0.573. The molecule has 0 bridgehead atoms. The minimum Gasteiger partial charge on any atom is -0.310 e. The second kappa shape index (κ2) is 16.9. The molecule has 10 aromatic carbocycles. The summed E-state index contributed by atoms with van der Waals surface area (Å²) in [6, 6.07) is 91.8. The van der Waals surface area contributed by atoms with E-state index in [1.165, 1.54) is 88.6 Å². The Kier molecular flexibility index (Phi) is 9.91. The largest absolute Gasteiger partial charge is 0.310 e. The lowest BCUT2D eigenvalue weighted by Gasteiger charge is -2.38. The molecule has 2 aliphatic rings. The Morgan fingerprint density at radius 3 is 1.62 bits per heavy atom. The predicted octanol–water partition coefficient (Wildman–Crippen LogP) is 17.8. The maximum Gasteiger partial charge on any atom is 0.0683 e. The van der Waals surface area contributed by atoms with Crippen LogP contribution in [0.15, 0.2) is 273 Å². The van der Waals surface area contributed by atoms with Crippen LogP contribution in [0, 0.1) is 0 Å². The Morgan fingerprint density at radius 1 is 0.420 bits per heavy atom. The van der Waals surface area contributed by atoms with Crippen LogP contribution in [-0.2, 0) is 5.41 Å². The highest BCUT2D eigenvalue weighted by Crippen LogP contribution is 2.63. The number of hydrogen-bond acceptors (Lipinski definition) is 1. The Hall–Kier alpha value is -8.72. The Balaban J connectivity index is 1.12. The van der Waals surface area contributed by atoms with Crippen LogP contribution in [0.4, 0.5) is 17.1 Å². The second-order valence-electron chi connectivity index (χ2n) is 18.3. The highest BCUT2D eigenvalue weighted by Gasteiger charge is 2.50. The molecular formula is C67H48N2. The van der Waals surface area contributed by atoms with Crippen molar-refractivity contribution in [3.8, 4) is 50.2 Å². The molecule has 0 aliphatic heterocycles. The monoisotopic (exact) mass is 880 g/mol. The molecule has 2 aliphatic carbocycles. The van der Waals surface area contributed by atoms with Crippen LogP contribution in [0.3, 0.4) is 0 Å². The molecule has 326 valence electrons. The molecule has 0 radical (unpaired) electrons. The van der Waals surface area contributed by atoms with Crippen molar-refractivity contribution in [2.24, 2.45) is 0 Å². The van der Waals surface area contributed by atoms with Crippen molar-refractivity contribution in [2.45, 2.75) is 18.3 Å². The highest BCUT2D eigenvalue weighted by atomic mass is 15.1. The molecule has 1 heterocycles. The zero-order valence-electron chi connectivity index (χ0n) is 38.2. The van der Waals surface area contributed by atoms with E-state index < -0.39 is 5.41 Å². The average molecular weight is 881 g/mol. The number of allylic oxidation sites excluding steroid dienone is 4. The first kappa shape index (κ1) is 40.5. The molecule has 69 heavy (non-hydrogen) atoms. The van der Waals surface area contributed by atoms with Crippen molar-refractivity contribution in [3.05, 3.63) is 289 Å². The van der Waals surface area contributed by atoms with Gasteiger partial charge >= 0.3 is 0 Å². The molecule has 0 amide bonds. The number of aromatic nitrogens is 1. The van der Waals surface area contributed by atoms with Gasteiger partial charge < -0.3 is 9.47 Å². The molecule has 1 aromatic heterocycles. The lowest BCUT2D eigenvalue weighted by Crippen LogP contribution is -2.31. The van der Waals surface area contributed by atoms with Gasteiger partial charge in [-0.25, -0.2) is 0 Å². The molecule has 1 atom stereocenters. The normalized spacial score (nSPS) is 14.9. The highest BCUT2D eigenvalue weighted by molar-refractivity contribution is 6.11. The molecular weight excluding hydrogens is 833 g/mol. The minimum atomic E-state index is -0.573. The van der Waals surface area contributed by atoms with Crippen molar-refractivity contribution < 1.29 is 0 Å². The maximum absolute atomic E-state index is 2.50. The van der Waals surface area contributed by atoms with Gasteiger partial charge in [-0.05, 0) is 129 Å². The summed E-state index contributed by atoms with van der Waals surface area (Å²) in [5, 5.41) is 2.48. The van der Waals surface area contributed by atoms with Crippen LogP contribution in [0.5, 0.6) is 0 Å². The van der Waals surface area contributed by atoms with Crippen molar-refractivity contribution in [2.75, 3.05) is 4.90 Å². The van der Waals surface area contributed by atoms with E-state index in [-0.39, 0.29) is 0 Å². The van der Waals surface area contributed by atoms with E-state index >= 15 is 0 Å². The fourth-order valence-corrected chi connectivity index (χ4v) is 11.6. The van der Waals surface area contributed by atoms with E-state index in [0.717, 1.165) is 35.6 Å². The van der Waals surface area contributed by atoms with Gasteiger partial charge in [0.1, 0.15) is 0 Å². The van der Waals surface area contributed by atoms with Crippen molar-refractivity contribution in [1.82, 2.24) is 4.57 Å². The summed E-state index contributed by atoms with van der Waals surface area (Å²) >= 11 is 0. The fraction of sp³-hybridized carbons (Fsp3) is 0.0448. The lowest BCUT2D eigenvalue weighted by molar-refractivity contribution is 0.694. The topological polar surface area (TPSA) is 8.17 Å². The van der Waals surface area contributed by atoms with E-state index in [4.69, 9.17) is 0 Å². The van der Waals surface area contributed by atoms with Gasteiger partial charge in [-0.1, -0.05) is 212 Å². The zero-order valence-corrected chi connectivity index (χ0v) is 38.2. The van der Waals surface area contributed by atoms with Gasteiger partial charge in [-0.3, -0.25) is 0 Å². The molecule has 2 nitrogen and oxygen atoms in total. The third-order valence-electron chi connectivity index (χ3n) is 14.6. The first-order valence-electron chi connectivity index (χ1n) is 24.1.